The van der Waals surface area contributed by atoms with Crippen LogP contribution in [-0.4, -0.2) is 14.1 Å². The van der Waals surface area contributed by atoms with E-state index in [0.29, 0.717) is 6.61 Å². The van der Waals surface area contributed by atoms with Crippen molar-refractivity contribution in [2.24, 2.45) is 5.41 Å². The Balaban J connectivity index is 2.70. The second-order valence-electron chi connectivity index (χ2n) is 4.08. The van der Waals surface area contributed by atoms with Crippen LogP contribution in [0.2, 0.25) is 5.31 Å². The van der Waals surface area contributed by atoms with Gasteiger partial charge >= 0.3 is 7.48 Å². The Labute approximate surface area is 63.1 Å². The first-order valence-electron chi connectivity index (χ1n) is 3.58. The van der Waals surface area contributed by atoms with E-state index in [1.165, 1.54) is 0 Å². The maximum absolute atomic E-state index is 4.86. The highest BCUT2D eigenvalue weighted by molar-refractivity contribution is 6.32. The number of hydrogen-bond acceptors (Lipinski definition) is 2. The number of rotatable bonds is 0. The van der Waals surface area contributed by atoms with Crippen LogP contribution in [0.15, 0.2) is 0 Å². The van der Waals surface area contributed by atoms with Crippen molar-refractivity contribution in [3.8, 4) is 0 Å². The first-order valence-corrected chi connectivity index (χ1v) is 3.58. The van der Waals surface area contributed by atoms with Gasteiger partial charge in [-0.15, -0.1) is 0 Å². The molecule has 0 N–H and O–H groups in total. The third kappa shape index (κ3) is 1.20. The highest BCUT2D eigenvalue weighted by Gasteiger charge is 2.42. The standard InChI is InChI=1S/C7H14BO2/c1-6(2)5-9-10-8-7(6,3)4/h5H2,1-4H3. The van der Waals surface area contributed by atoms with Crippen LogP contribution in [0.4, 0.5) is 0 Å². The van der Waals surface area contributed by atoms with Crippen molar-refractivity contribution in [1.82, 2.24) is 0 Å². The molecule has 0 aromatic rings. The molecule has 0 amide bonds. The van der Waals surface area contributed by atoms with E-state index in [4.69, 9.17) is 9.69 Å². The predicted octanol–water partition coefficient (Wildman–Crippen LogP) is 1.79. The topological polar surface area (TPSA) is 18.5 Å². The summed E-state index contributed by atoms with van der Waals surface area (Å²) < 4.78 is 0. The fraction of sp³-hybridized carbons (Fsp3) is 1.00. The van der Waals surface area contributed by atoms with E-state index in [2.05, 4.69) is 27.7 Å². The Hall–Kier alpha value is -0.0151. The predicted molar refractivity (Wildman–Crippen MR) is 40.6 cm³/mol. The van der Waals surface area contributed by atoms with Crippen LogP contribution < -0.4 is 0 Å². The Morgan fingerprint density at radius 3 is 2.10 bits per heavy atom. The molecule has 1 rings (SSSR count). The van der Waals surface area contributed by atoms with Gasteiger partial charge < -0.3 is 4.81 Å². The zero-order valence-electron chi connectivity index (χ0n) is 7.10. The van der Waals surface area contributed by atoms with Crippen LogP contribution >= 0.6 is 0 Å². The smallest absolute Gasteiger partial charge is 0.310 e. The molecule has 1 aliphatic rings. The zero-order chi connectivity index (χ0) is 7.83. The Kier molecular flexibility index (Phi) is 1.81. The molecular formula is C7H14BO2. The van der Waals surface area contributed by atoms with Gasteiger partial charge in [-0.3, -0.25) is 4.89 Å². The maximum Gasteiger partial charge on any atom is 0.351 e. The van der Waals surface area contributed by atoms with Crippen LogP contribution in [0.5, 0.6) is 0 Å². The van der Waals surface area contributed by atoms with Crippen LogP contribution in [0.1, 0.15) is 27.7 Å². The van der Waals surface area contributed by atoms with Crippen molar-refractivity contribution in [3.05, 3.63) is 0 Å². The first-order chi connectivity index (χ1) is 4.46. The van der Waals surface area contributed by atoms with Crippen LogP contribution in [0, 0.1) is 5.41 Å². The lowest BCUT2D eigenvalue weighted by atomic mass is 9.52. The highest BCUT2D eigenvalue weighted by Crippen LogP contribution is 2.46. The zero-order valence-corrected chi connectivity index (χ0v) is 7.10. The SMILES string of the molecule is CC1(C)[B]OOCC1(C)C. The average Bonchev–Trinajstić information content (AvgIpc) is 1.77. The van der Waals surface area contributed by atoms with E-state index < -0.39 is 0 Å². The molecule has 0 aliphatic carbocycles. The molecule has 1 aliphatic heterocycles. The largest absolute Gasteiger partial charge is 0.351 e. The van der Waals surface area contributed by atoms with Gasteiger partial charge in [-0.05, 0) is 10.7 Å². The monoisotopic (exact) mass is 141 g/mol. The van der Waals surface area contributed by atoms with Gasteiger partial charge in [0.2, 0.25) is 0 Å². The molecule has 0 aromatic carbocycles. The summed E-state index contributed by atoms with van der Waals surface area (Å²) in [6, 6.07) is 0. The van der Waals surface area contributed by atoms with Crippen LogP contribution in [-0.2, 0) is 9.69 Å². The van der Waals surface area contributed by atoms with Crippen molar-refractivity contribution in [2.75, 3.05) is 6.61 Å². The molecule has 10 heavy (non-hydrogen) atoms. The quantitative estimate of drug-likeness (QED) is 0.378. The van der Waals surface area contributed by atoms with Crippen LogP contribution in [0.3, 0.4) is 0 Å². The molecule has 0 atom stereocenters. The molecule has 57 valence electrons. The third-order valence-electron chi connectivity index (χ3n) is 2.57. The lowest BCUT2D eigenvalue weighted by Gasteiger charge is -2.43. The van der Waals surface area contributed by atoms with Gasteiger partial charge in [0.15, 0.2) is 0 Å². The van der Waals surface area contributed by atoms with Gasteiger partial charge in [0.05, 0.1) is 6.61 Å². The summed E-state index contributed by atoms with van der Waals surface area (Å²) in [5.74, 6) is 0. The molecule has 1 fully saturated rings. The van der Waals surface area contributed by atoms with Gasteiger partial charge in [-0.2, -0.15) is 0 Å². The van der Waals surface area contributed by atoms with Crippen molar-refractivity contribution in [1.29, 1.82) is 0 Å². The fourth-order valence-electron chi connectivity index (χ4n) is 0.681. The minimum absolute atomic E-state index is 0.102. The summed E-state index contributed by atoms with van der Waals surface area (Å²) in [4.78, 5) is 9.66. The van der Waals surface area contributed by atoms with Gasteiger partial charge in [-0.1, -0.05) is 27.7 Å². The summed E-state index contributed by atoms with van der Waals surface area (Å²) in [5, 5.41) is 0.102. The van der Waals surface area contributed by atoms with Gasteiger partial charge in [0.1, 0.15) is 0 Å². The molecule has 2 nitrogen and oxygen atoms in total. The molecule has 0 bridgehead atoms. The molecule has 1 heterocycles. The van der Waals surface area contributed by atoms with Crippen molar-refractivity contribution >= 4 is 7.48 Å². The summed E-state index contributed by atoms with van der Waals surface area (Å²) in [6.07, 6.45) is 0. The molecule has 3 heteroatoms. The minimum Gasteiger partial charge on any atom is -0.310 e. The Morgan fingerprint density at radius 1 is 1.20 bits per heavy atom. The lowest BCUT2D eigenvalue weighted by Crippen LogP contribution is -2.41. The molecule has 0 aromatic heterocycles. The Bertz CT molecular complexity index is 116. The fourth-order valence-corrected chi connectivity index (χ4v) is 0.681. The van der Waals surface area contributed by atoms with E-state index in [9.17, 15) is 0 Å². The van der Waals surface area contributed by atoms with Crippen molar-refractivity contribution in [2.45, 2.75) is 33.0 Å². The average molecular weight is 141 g/mol. The van der Waals surface area contributed by atoms with Crippen molar-refractivity contribution in [3.63, 3.8) is 0 Å². The van der Waals surface area contributed by atoms with E-state index in [1.807, 2.05) is 0 Å². The van der Waals surface area contributed by atoms with E-state index in [1.54, 1.807) is 7.48 Å². The van der Waals surface area contributed by atoms with Gasteiger partial charge in [-0.25, -0.2) is 0 Å². The van der Waals surface area contributed by atoms with Gasteiger partial charge in [0.25, 0.3) is 0 Å². The molecule has 1 radical (unpaired) electrons. The third-order valence-corrected chi connectivity index (χ3v) is 2.57. The van der Waals surface area contributed by atoms with E-state index in [0.717, 1.165) is 0 Å². The Morgan fingerprint density at radius 2 is 1.80 bits per heavy atom. The first kappa shape index (κ1) is 8.09. The second-order valence-corrected chi connectivity index (χ2v) is 4.08. The molecule has 0 unspecified atom stereocenters. The second kappa shape index (κ2) is 2.24. The summed E-state index contributed by atoms with van der Waals surface area (Å²) in [7, 11) is 1.76. The molecule has 1 saturated heterocycles. The normalized spacial score (nSPS) is 29.2. The minimum atomic E-state index is 0.102. The van der Waals surface area contributed by atoms with E-state index >= 15 is 0 Å². The maximum atomic E-state index is 4.86. The molecular weight excluding hydrogens is 127 g/mol. The van der Waals surface area contributed by atoms with Gasteiger partial charge in [0, 0.05) is 0 Å². The lowest BCUT2D eigenvalue weighted by molar-refractivity contribution is -0.253. The summed E-state index contributed by atoms with van der Waals surface area (Å²) in [5.41, 5.74) is 0.172. The number of hydrogen-bond donors (Lipinski definition) is 0. The molecule has 0 saturated carbocycles. The summed E-state index contributed by atoms with van der Waals surface area (Å²) >= 11 is 0. The van der Waals surface area contributed by atoms with Crippen LogP contribution in [0.25, 0.3) is 0 Å². The molecule has 0 spiro atoms. The van der Waals surface area contributed by atoms with Crippen molar-refractivity contribution < 1.29 is 9.69 Å². The highest BCUT2D eigenvalue weighted by atomic mass is 17.2. The van der Waals surface area contributed by atoms with E-state index in [-0.39, 0.29) is 10.7 Å². The summed E-state index contributed by atoms with van der Waals surface area (Å²) in [6.45, 7) is 9.31.